The molecule has 1 aliphatic heterocycles. The van der Waals surface area contributed by atoms with Crippen LogP contribution in [0, 0.1) is 3.57 Å². The molecule has 1 aliphatic rings. The van der Waals surface area contributed by atoms with Crippen LogP contribution in [-0.2, 0) is 0 Å². The fraction of sp³-hybridized carbons (Fsp3) is 0.250. The minimum absolute atomic E-state index is 0.103. The lowest BCUT2D eigenvalue weighted by Crippen LogP contribution is -2.24. The molecule has 0 atom stereocenters. The second-order valence-electron chi connectivity index (χ2n) is 5.00. The van der Waals surface area contributed by atoms with Gasteiger partial charge in [0.2, 0.25) is 0 Å². The second-order valence-corrected chi connectivity index (χ2v) is 6.16. The van der Waals surface area contributed by atoms with Crippen molar-refractivity contribution in [1.29, 1.82) is 0 Å². The summed E-state index contributed by atoms with van der Waals surface area (Å²) < 4.78 is 1.02. The van der Waals surface area contributed by atoms with Crippen LogP contribution in [0.5, 0.6) is 0 Å². The van der Waals surface area contributed by atoms with Gasteiger partial charge in [-0.1, -0.05) is 12.1 Å². The number of halogens is 1. The molecule has 2 heterocycles. The maximum atomic E-state index is 12.6. The summed E-state index contributed by atoms with van der Waals surface area (Å²) in [7, 11) is 0. The second kappa shape index (κ2) is 6.43. The smallest absolute Gasteiger partial charge is 0.259 e. The summed E-state index contributed by atoms with van der Waals surface area (Å²) in [6, 6.07) is 11.4. The molecule has 108 valence electrons. The number of nitrogens with one attached hydrogen (secondary N) is 1. The van der Waals surface area contributed by atoms with Crippen LogP contribution < -0.4 is 10.2 Å². The Balaban J connectivity index is 1.86. The van der Waals surface area contributed by atoms with E-state index in [2.05, 4.69) is 37.8 Å². The molecular formula is C16H16IN3O. The van der Waals surface area contributed by atoms with Crippen LogP contribution in [0.3, 0.4) is 0 Å². The largest absolute Gasteiger partial charge is 0.356 e. The van der Waals surface area contributed by atoms with Crippen molar-refractivity contribution in [2.45, 2.75) is 12.8 Å². The zero-order valence-corrected chi connectivity index (χ0v) is 13.7. The number of amides is 1. The normalized spacial score (nSPS) is 14.2. The van der Waals surface area contributed by atoms with Gasteiger partial charge in [-0.05, 0) is 59.7 Å². The third kappa shape index (κ3) is 3.18. The number of anilines is 2. The van der Waals surface area contributed by atoms with Gasteiger partial charge in [-0.3, -0.25) is 4.79 Å². The molecule has 0 spiro atoms. The van der Waals surface area contributed by atoms with Crippen molar-refractivity contribution in [2.24, 2.45) is 0 Å². The highest BCUT2D eigenvalue weighted by atomic mass is 127. The molecular weight excluding hydrogens is 377 g/mol. The van der Waals surface area contributed by atoms with Gasteiger partial charge in [-0.15, -0.1) is 0 Å². The lowest BCUT2D eigenvalue weighted by molar-refractivity contribution is 0.102. The predicted octanol–water partition coefficient (Wildman–Crippen LogP) is 3.54. The van der Waals surface area contributed by atoms with Crippen molar-refractivity contribution < 1.29 is 4.79 Å². The van der Waals surface area contributed by atoms with Crippen molar-refractivity contribution in [2.75, 3.05) is 23.3 Å². The Hall–Kier alpha value is -1.63. The third-order valence-electron chi connectivity index (χ3n) is 3.56. The standard InChI is InChI=1S/C16H16IN3O/c17-13-7-1-2-8-14(13)19-16(21)12-6-5-9-18-15(12)20-10-3-4-11-20/h1-2,5-9H,3-4,10-11H2,(H,19,21). The van der Waals surface area contributed by atoms with Gasteiger partial charge in [0.15, 0.2) is 0 Å². The Kier molecular flexibility index (Phi) is 4.38. The topological polar surface area (TPSA) is 45.2 Å². The molecule has 1 saturated heterocycles. The average Bonchev–Trinajstić information content (AvgIpc) is 3.04. The Morgan fingerprint density at radius 3 is 2.67 bits per heavy atom. The van der Waals surface area contributed by atoms with Crippen LogP contribution in [0.4, 0.5) is 11.5 Å². The Bertz CT molecular complexity index is 653. The van der Waals surface area contributed by atoms with Gasteiger partial charge < -0.3 is 10.2 Å². The van der Waals surface area contributed by atoms with Crippen molar-refractivity contribution in [3.8, 4) is 0 Å². The summed E-state index contributed by atoms with van der Waals surface area (Å²) in [5, 5.41) is 2.98. The molecule has 1 fully saturated rings. The SMILES string of the molecule is O=C(Nc1ccccc1I)c1cccnc1N1CCCC1. The Morgan fingerprint density at radius 1 is 1.14 bits per heavy atom. The highest BCUT2D eigenvalue weighted by molar-refractivity contribution is 14.1. The van der Waals surface area contributed by atoms with E-state index in [-0.39, 0.29) is 5.91 Å². The van der Waals surface area contributed by atoms with Gasteiger partial charge >= 0.3 is 0 Å². The number of benzene rings is 1. The summed E-state index contributed by atoms with van der Waals surface area (Å²) in [6.07, 6.45) is 4.07. The number of hydrogen-bond donors (Lipinski definition) is 1. The molecule has 2 aromatic rings. The van der Waals surface area contributed by atoms with Gasteiger partial charge in [0.25, 0.3) is 5.91 Å². The van der Waals surface area contributed by atoms with Gasteiger partial charge in [0, 0.05) is 22.9 Å². The molecule has 0 aliphatic carbocycles. The van der Waals surface area contributed by atoms with Crippen LogP contribution in [0.1, 0.15) is 23.2 Å². The first-order valence-electron chi connectivity index (χ1n) is 7.01. The number of aromatic nitrogens is 1. The van der Waals surface area contributed by atoms with Crippen molar-refractivity contribution in [3.63, 3.8) is 0 Å². The molecule has 3 rings (SSSR count). The first-order chi connectivity index (χ1) is 10.3. The lowest BCUT2D eigenvalue weighted by Gasteiger charge is -2.19. The summed E-state index contributed by atoms with van der Waals surface area (Å²) in [5.74, 6) is 0.688. The molecule has 0 radical (unpaired) electrons. The Labute approximate surface area is 137 Å². The van der Waals surface area contributed by atoms with E-state index in [9.17, 15) is 4.79 Å². The average molecular weight is 393 g/mol. The van der Waals surface area contributed by atoms with Crippen molar-refractivity contribution in [1.82, 2.24) is 4.98 Å². The first kappa shape index (κ1) is 14.3. The highest BCUT2D eigenvalue weighted by Gasteiger charge is 2.20. The first-order valence-corrected chi connectivity index (χ1v) is 8.09. The molecule has 5 heteroatoms. The van der Waals surface area contributed by atoms with Crippen molar-refractivity contribution >= 4 is 40.0 Å². The van der Waals surface area contributed by atoms with Gasteiger partial charge in [0.1, 0.15) is 5.82 Å². The van der Waals surface area contributed by atoms with Crippen LogP contribution in [0.25, 0.3) is 0 Å². The number of nitrogens with zero attached hydrogens (tertiary/aromatic N) is 2. The van der Waals surface area contributed by atoms with E-state index >= 15 is 0 Å². The molecule has 0 bridgehead atoms. The minimum atomic E-state index is -0.103. The van der Waals surface area contributed by atoms with E-state index < -0.39 is 0 Å². The van der Waals surface area contributed by atoms with Gasteiger partial charge in [-0.2, -0.15) is 0 Å². The Morgan fingerprint density at radius 2 is 1.90 bits per heavy atom. The van der Waals surface area contributed by atoms with Gasteiger partial charge in [0.05, 0.1) is 11.3 Å². The fourth-order valence-corrected chi connectivity index (χ4v) is 3.03. The quantitative estimate of drug-likeness (QED) is 0.812. The van der Waals surface area contributed by atoms with E-state index in [1.165, 1.54) is 0 Å². The monoisotopic (exact) mass is 393 g/mol. The summed E-state index contributed by atoms with van der Waals surface area (Å²) in [5.41, 5.74) is 1.47. The molecule has 1 amide bonds. The van der Waals surface area contributed by atoms with Gasteiger partial charge in [-0.25, -0.2) is 4.98 Å². The van der Waals surface area contributed by atoms with Crippen LogP contribution in [0.2, 0.25) is 0 Å². The van der Waals surface area contributed by atoms with Crippen molar-refractivity contribution in [3.05, 3.63) is 51.7 Å². The zero-order chi connectivity index (χ0) is 14.7. The summed E-state index contributed by atoms with van der Waals surface area (Å²) in [6.45, 7) is 1.94. The molecule has 0 unspecified atom stereocenters. The number of pyridine rings is 1. The van der Waals surface area contributed by atoms with Crippen LogP contribution in [-0.4, -0.2) is 24.0 Å². The number of rotatable bonds is 3. The molecule has 0 saturated carbocycles. The highest BCUT2D eigenvalue weighted by Crippen LogP contribution is 2.24. The molecule has 1 aromatic carbocycles. The number of hydrogen-bond acceptors (Lipinski definition) is 3. The number of carbonyl (C=O) groups is 1. The summed E-state index contributed by atoms with van der Waals surface area (Å²) >= 11 is 2.22. The van der Waals surface area contributed by atoms with Crippen LogP contribution >= 0.6 is 22.6 Å². The van der Waals surface area contributed by atoms with Crippen LogP contribution in [0.15, 0.2) is 42.6 Å². The molecule has 1 aromatic heterocycles. The summed E-state index contributed by atoms with van der Waals surface area (Å²) in [4.78, 5) is 19.2. The predicted molar refractivity (Wildman–Crippen MR) is 92.8 cm³/mol. The zero-order valence-electron chi connectivity index (χ0n) is 11.6. The van der Waals surface area contributed by atoms with E-state index in [4.69, 9.17) is 0 Å². The number of carbonyl (C=O) groups excluding carboxylic acids is 1. The fourth-order valence-electron chi connectivity index (χ4n) is 2.51. The van der Waals surface area contributed by atoms with E-state index in [0.29, 0.717) is 5.56 Å². The van der Waals surface area contributed by atoms with E-state index in [1.807, 2.05) is 36.4 Å². The molecule has 21 heavy (non-hydrogen) atoms. The minimum Gasteiger partial charge on any atom is -0.356 e. The molecule has 1 N–H and O–H groups in total. The van der Waals surface area contributed by atoms with E-state index in [1.54, 1.807) is 6.20 Å². The number of para-hydroxylation sites is 1. The maximum absolute atomic E-state index is 12.6. The van der Waals surface area contributed by atoms with E-state index in [0.717, 1.165) is 41.0 Å². The third-order valence-corrected chi connectivity index (χ3v) is 4.50. The lowest BCUT2D eigenvalue weighted by atomic mass is 10.2. The maximum Gasteiger partial charge on any atom is 0.259 e. The molecule has 4 nitrogen and oxygen atoms in total.